The molecule has 8 nitrogen and oxygen atoms in total. The Balaban J connectivity index is 1.58. The fourth-order valence-electron chi connectivity index (χ4n) is 3.64. The number of nitrogen functional groups attached to an aromatic ring is 1. The molecule has 28 heavy (non-hydrogen) atoms. The molecule has 4 rings (SSSR count). The summed E-state index contributed by atoms with van der Waals surface area (Å²) in [7, 11) is 0. The van der Waals surface area contributed by atoms with Gasteiger partial charge in [-0.15, -0.1) is 0 Å². The number of anilines is 2. The van der Waals surface area contributed by atoms with Gasteiger partial charge in [-0.2, -0.15) is 0 Å². The summed E-state index contributed by atoms with van der Waals surface area (Å²) in [6.07, 6.45) is 5.44. The number of amides is 2. The third kappa shape index (κ3) is 3.28. The van der Waals surface area contributed by atoms with E-state index in [1.165, 1.54) is 12.6 Å². The van der Waals surface area contributed by atoms with Crippen LogP contribution in [-0.2, 0) is 9.59 Å². The monoisotopic (exact) mass is 379 g/mol. The van der Waals surface area contributed by atoms with Crippen LogP contribution in [0.5, 0.6) is 0 Å². The average Bonchev–Trinajstić information content (AvgIpc) is 3.19. The summed E-state index contributed by atoms with van der Waals surface area (Å²) in [6.45, 7) is 2.31. The van der Waals surface area contributed by atoms with E-state index in [1.807, 2.05) is 18.2 Å². The van der Waals surface area contributed by atoms with E-state index in [2.05, 4.69) is 15.3 Å². The highest BCUT2D eigenvalue weighted by Gasteiger charge is 2.33. The Labute approximate surface area is 161 Å². The van der Waals surface area contributed by atoms with Crippen LogP contribution >= 0.6 is 0 Å². The van der Waals surface area contributed by atoms with E-state index >= 15 is 0 Å². The molecule has 3 heterocycles. The molecule has 0 spiro atoms. The molecule has 3 aromatic rings. The second kappa shape index (κ2) is 7.30. The van der Waals surface area contributed by atoms with Gasteiger partial charge < -0.3 is 20.4 Å². The summed E-state index contributed by atoms with van der Waals surface area (Å²) in [5.74, 6) is -0.869. The molecule has 0 bridgehead atoms. The molecule has 0 aliphatic carbocycles. The van der Waals surface area contributed by atoms with Crippen LogP contribution in [0.2, 0.25) is 0 Å². The molecule has 0 radical (unpaired) electrons. The largest absolute Gasteiger partial charge is 0.443 e. The number of piperidine rings is 1. The molecule has 0 saturated carbocycles. The number of carbonyl (C=O) groups is 2. The van der Waals surface area contributed by atoms with Crippen LogP contribution in [0.3, 0.4) is 0 Å². The van der Waals surface area contributed by atoms with E-state index in [0.717, 1.165) is 35.9 Å². The van der Waals surface area contributed by atoms with Crippen molar-refractivity contribution in [3.63, 3.8) is 0 Å². The van der Waals surface area contributed by atoms with Crippen LogP contribution in [0.15, 0.2) is 41.3 Å². The van der Waals surface area contributed by atoms with Crippen molar-refractivity contribution in [3.8, 4) is 0 Å². The molecule has 8 heteroatoms. The van der Waals surface area contributed by atoms with Crippen LogP contribution in [0.25, 0.3) is 11.1 Å². The standard InChI is InChI=1S/C20H21N5O3/c1-12-9-13(10-22-18(12)21)24-19(26)20(27)25-8-3-2-6-15(25)14-5-4-7-16-17(14)23-11-28-16/h4-5,7,9-11,15H,2-3,6,8H2,1H3,(H2,21,22)(H,24,26). The van der Waals surface area contributed by atoms with Crippen molar-refractivity contribution < 1.29 is 14.0 Å². The van der Waals surface area contributed by atoms with Crippen LogP contribution in [0.1, 0.15) is 36.4 Å². The Bertz CT molecular complexity index is 1050. The SMILES string of the molecule is Cc1cc(NC(=O)C(=O)N2CCCCC2c2cccc3ocnc23)cnc1N. The van der Waals surface area contributed by atoms with E-state index in [0.29, 0.717) is 23.6 Å². The van der Waals surface area contributed by atoms with Crippen molar-refractivity contribution in [2.24, 2.45) is 0 Å². The molecule has 1 unspecified atom stereocenters. The summed E-state index contributed by atoms with van der Waals surface area (Å²) in [4.78, 5) is 35.5. The third-order valence-corrected chi connectivity index (χ3v) is 5.09. The molecule has 1 atom stereocenters. The average molecular weight is 379 g/mol. The molecule has 3 N–H and O–H groups in total. The van der Waals surface area contributed by atoms with Crippen LogP contribution in [0, 0.1) is 6.92 Å². The first-order valence-electron chi connectivity index (χ1n) is 9.21. The van der Waals surface area contributed by atoms with Gasteiger partial charge in [0.05, 0.1) is 17.9 Å². The number of benzene rings is 1. The molecule has 1 saturated heterocycles. The molecular formula is C20H21N5O3. The number of carbonyl (C=O) groups excluding carboxylic acids is 2. The number of fused-ring (bicyclic) bond motifs is 1. The van der Waals surface area contributed by atoms with Gasteiger partial charge in [-0.1, -0.05) is 12.1 Å². The lowest BCUT2D eigenvalue weighted by molar-refractivity contribution is -0.145. The van der Waals surface area contributed by atoms with Gasteiger partial charge in [0.25, 0.3) is 0 Å². The summed E-state index contributed by atoms with van der Waals surface area (Å²) >= 11 is 0. The maximum atomic E-state index is 12.9. The number of nitrogens with one attached hydrogen (secondary N) is 1. The molecule has 2 amide bonds. The topological polar surface area (TPSA) is 114 Å². The van der Waals surface area contributed by atoms with Gasteiger partial charge in [-0.3, -0.25) is 9.59 Å². The number of hydrogen-bond acceptors (Lipinski definition) is 6. The first kappa shape index (κ1) is 18.0. The van der Waals surface area contributed by atoms with E-state index in [-0.39, 0.29) is 6.04 Å². The third-order valence-electron chi connectivity index (χ3n) is 5.09. The predicted octanol–water partition coefficient (Wildman–Crippen LogP) is 2.81. The number of nitrogens with two attached hydrogens (primary N) is 1. The molecular weight excluding hydrogens is 358 g/mol. The van der Waals surface area contributed by atoms with Crippen LogP contribution in [-0.4, -0.2) is 33.2 Å². The van der Waals surface area contributed by atoms with Crippen molar-refractivity contribution >= 4 is 34.4 Å². The van der Waals surface area contributed by atoms with E-state index in [1.54, 1.807) is 17.9 Å². The van der Waals surface area contributed by atoms with Crippen molar-refractivity contribution in [1.29, 1.82) is 0 Å². The smallest absolute Gasteiger partial charge is 0.313 e. The van der Waals surface area contributed by atoms with Crippen molar-refractivity contribution in [2.45, 2.75) is 32.2 Å². The maximum Gasteiger partial charge on any atom is 0.313 e. The van der Waals surface area contributed by atoms with Crippen molar-refractivity contribution in [3.05, 3.63) is 48.0 Å². The Morgan fingerprint density at radius 2 is 2.14 bits per heavy atom. The number of oxazole rings is 1. The minimum Gasteiger partial charge on any atom is -0.443 e. The Morgan fingerprint density at radius 1 is 1.29 bits per heavy atom. The molecule has 1 aromatic carbocycles. The summed E-state index contributed by atoms with van der Waals surface area (Å²) < 4.78 is 5.38. The number of pyridine rings is 1. The number of likely N-dealkylation sites (tertiary alicyclic amines) is 1. The minimum absolute atomic E-state index is 0.216. The second-order valence-corrected chi connectivity index (χ2v) is 6.94. The van der Waals surface area contributed by atoms with E-state index in [9.17, 15) is 9.59 Å². The molecule has 1 aliphatic rings. The zero-order valence-corrected chi connectivity index (χ0v) is 15.5. The Kier molecular flexibility index (Phi) is 4.68. The normalized spacial score (nSPS) is 16.9. The van der Waals surface area contributed by atoms with Crippen LogP contribution < -0.4 is 11.1 Å². The number of para-hydroxylation sites is 1. The van der Waals surface area contributed by atoms with Crippen LogP contribution in [0.4, 0.5) is 11.5 Å². The fourth-order valence-corrected chi connectivity index (χ4v) is 3.64. The van der Waals surface area contributed by atoms with Crippen molar-refractivity contribution in [1.82, 2.24) is 14.9 Å². The number of rotatable bonds is 2. The summed E-state index contributed by atoms with van der Waals surface area (Å²) in [5.41, 5.74) is 9.18. The molecule has 2 aromatic heterocycles. The van der Waals surface area contributed by atoms with E-state index < -0.39 is 11.8 Å². The zero-order chi connectivity index (χ0) is 19.7. The molecule has 1 fully saturated rings. The first-order valence-corrected chi connectivity index (χ1v) is 9.21. The van der Waals surface area contributed by atoms with Gasteiger partial charge in [0.15, 0.2) is 12.0 Å². The minimum atomic E-state index is -0.690. The van der Waals surface area contributed by atoms with Gasteiger partial charge in [0.2, 0.25) is 0 Å². The molecule has 1 aliphatic heterocycles. The Morgan fingerprint density at radius 3 is 2.96 bits per heavy atom. The summed E-state index contributed by atoms with van der Waals surface area (Å²) in [6, 6.07) is 7.13. The highest BCUT2D eigenvalue weighted by atomic mass is 16.3. The highest BCUT2D eigenvalue weighted by molar-refractivity contribution is 6.39. The maximum absolute atomic E-state index is 12.9. The van der Waals surface area contributed by atoms with Gasteiger partial charge in [0.1, 0.15) is 11.3 Å². The molecule has 144 valence electrons. The number of hydrogen-bond donors (Lipinski definition) is 2. The second-order valence-electron chi connectivity index (χ2n) is 6.94. The van der Waals surface area contributed by atoms with Gasteiger partial charge >= 0.3 is 11.8 Å². The van der Waals surface area contributed by atoms with Gasteiger partial charge in [-0.05, 0) is 43.9 Å². The quantitative estimate of drug-likeness (QED) is 0.662. The lowest BCUT2D eigenvalue weighted by Gasteiger charge is -2.35. The Hall–Kier alpha value is -3.42. The van der Waals surface area contributed by atoms with E-state index in [4.69, 9.17) is 10.2 Å². The van der Waals surface area contributed by atoms with Crippen molar-refractivity contribution in [2.75, 3.05) is 17.6 Å². The first-order chi connectivity index (χ1) is 13.5. The lowest BCUT2D eigenvalue weighted by Crippen LogP contribution is -2.44. The number of aryl methyl sites for hydroxylation is 1. The number of nitrogens with zero attached hydrogens (tertiary/aromatic N) is 3. The fraction of sp³-hybridized carbons (Fsp3) is 0.300. The summed E-state index contributed by atoms with van der Waals surface area (Å²) in [5, 5.41) is 2.63. The van der Waals surface area contributed by atoms with Gasteiger partial charge in [0, 0.05) is 12.1 Å². The number of aromatic nitrogens is 2. The van der Waals surface area contributed by atoms with Gasteiger partial charge in [-0.25, -0.2) is 9.97 Å². The lowest BCUT2D eigenvalue weighted by atomic mass is 9.94. The zero-order valence-electron chi connectivity index (χ0n) is 15.5. The predicted molar refractivity (Wildman–Crippen MR) is 104 cm³/mol. The highest BCUT2D eigenvalue weighted by Crippen LogP contribution is 2.34.